The van der Waals surface area contributed by atoms with E-state index in [1.54, 1.807) is 0 Å². The number of hydrogen-bond acceptors (Lipinski definition) is 6. The van der Waals surface area contributed by atoms with Crippen molar-refractivity contribution in [3.05, 3.63) is 93.7 Å². The number of para-hydroxylation sites is 1. The molecule has 0 atom stereocenters. The van der Waals surface area contributed by atoms with Crippen LogP contribution in [0.25, 0.3) is 11.3 Å². The van der Waals surface area contributed by atoms with Gasteiger partial charge in [0.15, 0.2) is 5.13 Å². The summed E-state index contributed by atoms with van der Waals surface area (Å²) in [6, 6.07) is 20.3. The summed E-state index contributed by atoms with van der Waals surface area (Å²) in [6.45, 7) is 7.00. The number of carbonyl (C=O) groups excluding carboxylic acids is 1. The summed E-state index contributed by atoms with van der Waals surface area (Å²) in [6.07, 6.45) is 0. The largest absolute Gasteiger partial charge is 0.492 e. The minimum Gasteiger partial charge on any atom is -0.492 e. The van der Waals surface area contributed by atoms with Crippen molar-refractivity contribution in [1.29, 1.82) is 0 Å². The maximum atomic E-state index is 12.7. The molecular weight excluding hydrogens is 448 g/mol. The molecule has 0 saturated heterocycles. The molecule has 1 N–H and O–H groups in total. The first kappa shape index (κ1) is 23.4. The van der Waals surface area contributed by atoms with Crippen LogP contribution < -0.4 is 15.6 Å². The molecule has 8 heteroatoms. The second-order valence-electron chi connectivity index (χ2n) is 8.76. The van der Waals surface area contributed by atoms with E-state index in [2.05, 4.69) is 48.3 Å². The normalized spacial score (nSPS) is 11.3. The highest BCUT2D eigenvalue weighted by atomic mass is 32.1. The fourth-order valence-corrected chi connectivity index (χ4v) is 3.98. The molecule has 2 heterocycles. The van der Waals surface area contributed by atoms with E-state index in [9.17, 15) is 9.59 Å². The molecule has 0 aliphatic carbocycles. The molecule has 7 nitrogen and oxygen atoms in total. The minimum atomic E-state index is -0.429. The average Bonchev–Trinajstić information content (AvgIpc) is 3.29. The maximum Gasteiger partial charge on any atom is 0.277 e. The van der Waals surface area contributed by atoms with Crippen LogP contribution in [0.4, 0.5) is 5.13 Å². The molecule has 4 aromatic rings. The van der Waals surface area contributed by atoms with E-state index in [1.807, 2.05) is 47.8 Å². The molecular formula is C26H26N4O3S. The van der Waals surface area contributed by atoms with Crippen molar-refractivity contribution in [1.82, 2.24) is 14.8 Å². The molecule has 0 radical (unpaired) electrons. The first-order chi connectivity index (χ1) is 16.3. The van der Waals surface area contributed by atoms with Gasteiger partial charge < -0.3 is 4.74 Å². The zero-order valence-corrected chi connectivity index (χ0v) is 20.1. The van der Waals surface area contributed by atoms with Crippen LogP contribution in [0.1, 0.15) is 36.8 Å². The molecule has 0 aliphatic heterocycles. The number of aromatic nitrogens is 3. The highest BCUT2D eigenvalue weighted by Gasteiger charge is 2.15. The average molecular weight is 475 g/mol. The Morgan fingerprint density at radius 1 is 1.03 bits per heavy atom. The van der Waals surface area contributed by atoms with Gasteiger partial charge in [-0.05, 0) is 29.2 Å². The van der Waals surface area contributed by atoms with Crippen molar-refractivity contribution >= 4 is 22.4 Å². The summed E-state index contributed by atoms with van der Waals surface area (Å²) >= 11 is 1.34. The number of rotatable bonds is 7. The predicted molar refractivity (Wildman–Crippen MR) is 135 cm³/mol. The monoisotopic (exact) mass is 474 g/mol. The Labute approximate surface area is 202 Å². The molecule has 0 bridgehead atoms. The Balaban J connectivity index is 1.40. The van der Waals surface area contributed by atoms with E-state index in [4.69, 9.17) is 4.74 Å². The Hall–Kier alpha value is -3.78. The number of nitrogens with one attached hydrogen (secondary N) is 1. The molecule has 174 valence electrons. The molecule has 1 amide bonds. The van der Waals surface area contributed by atoms with Gasteiger partial charge in [0.05, 0.1) is 12.2 Å². The van der Waals surface area contributed by atoms with Gasteiger partial charge in [-0.15, -0.1) is 11.3 Å². The lowest BCUT2D eigenvalue weighted by molar-refractivity contribution is 0.101. The van der Waals surface area contributed by atoms with Crippen LogP contribution in [0.3, 0.4) is 0 Å². The van der Waals surface area contributed by atoms with Gasteiger partial charge >= 0.3 is 0 Å². The van der Waals surface area contributed by atoms with E-state index in [-0.39, 0.29) is 29.8 Å². The molecule has 4 rings (SSSR count). The standard InChI is InChI=1S/C26H26N4O3S/c1-26(2,3)19-11-9-18(10-12-19)22-17-34-25(27-22)28-24(32)21-13-14-23(31)30(29-21)15-16-33-20-7-5-4-6-8-20/h4-14,17H,15-16H2,1-3H3,(H,27,28,32). The fourth-order valence-electron chi connectivity index (χ4n) is 3.26. The number of amides is 1. The van der Waals surface area contributed by atoms with Gasteiger partial charge in [-0.25, -0.2) is 9.67 Å². The lowest BCUT2D eigenvalue weighted by Crippen LogP contribution is -2.28. The third-order valence-electron chi connectivity index (χ3n) is 5.19. The molecule has 0 unspecified atom stereocenters. The van der Waals surface area contributed by atoms with Crippen molar-refractivity contribution in [2.75, 3.05) is 11.9 Å². The van der Waals surface area contributed by atoms with E-state index in [1.165, 1.54) is 33.7 Å². The third kappa shape index (κ3) is 5.77. The van der Waals surface area contributed by atoms with Crippen LogP contribution in [0.2, 0.25) is 0 Å². The summed E-state index contributed by atoms with van der Waals surface area (Å²) in [7, 11) is 0. The SMILES string of the molecule is CC(C)(C)c1ccc(-c2csc(NC(=O)c3ccc(=O)n(CCOc4ccccc4)n3)n2)cc1. The maximum absolute atomic E-state index is 12.7. The molecule has 0 spiro atoms. The second kappa shape index (κ2) is 10.0. The number of nitrogens with zero attached hydrogens (tertiary/aromatic N) is 3. The second-order valence-corrected chi connectivity index (χ2v) is 9.62. The van der Waals surface area contributed by atoms with Crippen molar-refractivity contribution < 1.29 is 9.53 Å². The Morgan fingerprint density at radius 3 is 2.47 bits per heavy atom. The van der Waals surface area contributed by atoms with Crippen LogP contribution in [0.15, 0.2) is 76.9 Å². The molecule has 0 fully saturated rings. The quantitative estimate of drug-likeness (QED) is 0.408. The number of ether oxygens (including phenoxy) is 1. The highest BCUT2D eigenvalue weighted by molar-refractivity contribution is 7.14. The number of carbonyl (C=O) groups is 1. The Morgan fingerprint density at radius 2 is 1.76 bits per heavy atom. The van der Waals surface area contributed by atoms with Crippen molar-refractivity contribution in [2.45, 2.75) is 32.7 Å². The smallest absolute Gasteiger partial charge is 0.277 e. The lowest BCUT2D eigenvalue weighted by Gasteiger charge is -2.18. The van der Waals surface area contributed by atoms with Gasteiger partial charge in [-0.1, -0.05) is 63.2 Å². The van der Waals surface area contributed by atoms with E-state index in [0.717, 1.165) is 11.3 Å². The van der Waals surface area contributed by atoms with E-state index < -0.39 is 5.91 Å². The molecule has 0 aliphatic rings. The number of hydrogen-bond donors (Lipinski definition) is 1. The van der Waals surface area contributed by atoms with E-state index >= 15 is 0 Å². The summed E-state index contributed by atoms with van der Waals surface area (Å²) in [4.78, 5) is 29.4. The summed E-state index contributed by atoms with van der Waals surface area (Å²) in [5.41, 5.74) is 2.92. The van der Waals surface area contributed by atoms with Crippen LogP contribution in [-0.2, 0) is 12.0 Å². The van der Waals surface area contributed by atoms with Crippen LogP contribution >= 0.6 is 11.3 Å². The summed E-state index contributed by atoms with van der Waals surface area (Å²) in [5.74, 6) is 0.277. The lowest BCUT2D eigenvalue weighted by atomic mass is 9.86. The van der Waals surface area contributed by atoms with Gasteiger partial charge in [-0.2, -0.15) is 5.10 Å². The Bertz CT molecular complexity index is 1320. The first-order valence-corrected chi connectivity index (χ1v) is 11.8. The highest BCUT2D eigenvalue weighted by Crippen LogP contribution is 2.28. The van der Waals surface area contributed by atoms with Crippen LogP contribution in [0, 0.1) is 0 Å². The molecule has 2 aromatic carbocycles. The van der Waals surface area contributed by atoms with Gasteiger partial charge in [0, 0.05) is 17.0 Å². The zero-order valence-electron chi connectivity index (χ0n) is 19.3. The molecule has 2 aromatic heterocycles. The van der Waals surface area contributed by atoms with Crippen LogP contribution in [0.5, 0.6) is 5.75 Å². The zero-order chi connectivity index (χ0) is 24.1. The third-order valence-corrected chi connectivity index (χ3v) is 5.94. The van der Waals surface area contributed by atoms with Crippen molar-refractivity contribution in [3.8, 4) is 17.0 Å². The summed E-state index contributed by atoms with van der Waals surface area (Å²) < 4.78 is 6.85. The van der Waals surface area contributed by atoms with Crippen molar-refractivity contribution in [2.24, 2.45) is 0 Å². The number of benzene rings is 2. The molecule has 34 heavy (non-hydrogen) atoms. The fraction of sp³-hybridized carbons (Fsp3) is 0.231. The van der Waals surface area contributed by atoms with Gasteiger partial charge in [0.2, 0.25) is 0 Å². The van der Waals surface area contributed by atoms with Gasteiger partial charge in [-0.3, -0.25) is 14.9 Å². The number of anilines is 1. The van der Waals surface area contributed by atoms with E-state index in [0.29, 0.717) is 10.9 Å². The summed E-state index contributed by atoms with van der Waals surface area (Å²) in [5, 5.41) is 9.32. The van der Waals surface area contributed by atoms with Crippen LogP contribution in [-0.4, -0.2) is 27.3 Å². The topological polar surface area (TPSA) is 86.1 Å². The minimum absolute atomic E-state index is 0.0803. The Kier molecular flexibility index (Phi) is 6.88. The predicted octanol–water partition coefficient (Wildman–Crippen LogP) is 5.00. The number of thiazole rings is 1. The van der Waals surface area contributed by atoms with Crippen molar-refractivity contribution in [3.63, 3.8) is 0 Å². The molecule has 0 saturated carbocycles. The van der Waals surface area contributed by atoms with Gasteiger partial charge in [0.1, 0.15) is 18.1 Å². The first-order valence-electron chi connectivity index (χ1n) is 10.9. The van der Waals surface area contributed by atoms with Gasteiger partial charge in [0.25, 0.3) is 11.5 Å².